The predicted octanol–water partition coefficient (Wildman–Crippen LogP) is 9.64. The standard InChI is InChI=1S/C51H79NO10Si2/c1-16-36(2)46(59-13)47(62-64(50(6,7)8,39-27-21-18-22-28-39)40-29-23-19-24-30-40)48(56)51(9,10)43(53)34-44-52-41(35-60-44)42(58-12)31-25-17-20-26-37(57-11)32-38(33-45(54)55)61-63(14,15)49(3,4)5/h17-30,35-38,42,46-48,56H,16,31-34H2,1-15H3,(H,54,55)/b25-17+,26-20+/t36-,37-,38-,42-,46?,47+,48+/m0/s1. The topological polar surface area (TPSA) is 147 Å². The van der Waals surface area contributed by atoms with Crippen LogP contribution in [0.5, 0.6) is 0 Å². The van der Waals surface area contributed by atoms with Gasteiger partial charge in [0.25, 0.3) is 8.32 Å². The highest BCUT2D eigenvalue weighted by Crippen LogP contribution is 2.42. The molecule has 1 aromatic heterocycles. The monoisotopic (exact) mass is 922 g/mol. The molecule has 0 spiro atoms. The average molecular weight is 922 g/mol. The number of carboxylic acid groups (broad SMARTS) is 1. The van der Waals surface area contributed by atoms with Gasteiger partial charge in [0.05, 0.1) is 48.8 Å². The Labute approximate surface area is 386 Å². The largest absolute Gasteiger partial charge is 0.481 e. The fourth-order valence-corrected chi connectivity index (χ4v) is 14.0. The third kappa shape index (κ3) is 14.0. The first kappa shape index (κ1) is 54.8. The number of rotatable bonds is 26. The van der Waals surface area contributed by atoms with Crippen LogP contribution in [0.3, 0.4) is 0 Å². The Morgan fingerprint density at radius 1 is 0.812 bits per heavy atom. The number of ether oxygens (including phenoxy) is 3. The Morgan fingerprint density at radius 2 is 1.39 bits per heavy atom. The number of ketones is 1. The summed E-state index contributed by atoms with van der Waals surface area (Å²) in [6, 6.07) is 20.5. The lowest BCUT2D eigenvalue weighted by molar-refractivity contribution is -0.149. The van der Waals surface area contributed by atoms with Gasteiger partial charge >= 0.3 is 5.97 Å². The molecule has 1 unspecified atom stereocenters. The number of benzene rings is 2. The number of oxazole rings is 1. The second-order valence-corrected chi connectivity index (χ2v) is 29.2. The number of Topliss-reactive ketones (excluding diaryl/α,β-unsaturated/α-hetero) is 1. The second kappa shape index (κ2) is 23.8. The van der Waals surface area contributed by atoms with Gasteiger partial charge in [-0.2, -0.15) is 0 Å². The highest BCUT2D eigenvalue weighted by atomic mass is 28.4. The van der Waals surface area contributed by atoms with Crippen molar-refractivity contribution in [1.29, 1.82) is 0 Å². The molecule has 7 atom stereocenters. The molecule has 2 N–H and O–H groups in total. The summed E-state index contributed by atoms with van der Waals surface area (Å²) in [5.74, 6) is -0.935. The number of aliphatic hydroxyl groups excluding tert-OH is 1. The number of allylic oxidation sites excluding steroid dienone is 2. The number of hydrogen-bond acceptors (Lipinski definition) is 10. The van der Waals surface area contributed by atoms with Crippen LogP contribution in [0, 0.1) is 11.3 Å². The summed E-state index contributed by atoms with van der Waals surface area (Å²) in [6.07, 6.45) is 6.57. The quantitative estimate of drug-likeness (QED) is 0.0586. The normalized spacial score (nSPS) is 16.7. The molecule has 3 rings (SSSR count). The number of carboxylic acids is 1. The fraction of sp³-hybridized carbons (Fsp3) is 0.588. The van der Waals surface area contributed by atoms with Crippen LogP contribution < -0.4 is 10.4 Å². The maximum absolute atomic E-state index is 14.4. The Hall–Kier alpha value is -3.54. The van der Waals surface area contributed by atoms with Crippen LogP contribution in [0.2, 0.25) is 23.2 Å². The number of aliphatic carboxylic acids is 1. The molecular weight excluding hydrogens is 843 g/mol. The first-order valence-electron chi connectivity index (χ1n) is 22.7. The zero-order valence-electron chi connectivity index (χ0n) is 41.3. The summed E-state index contributed by atoms with van der Waals surface area (Å²) in [5, 5.41) is 23.9. The summed E-state index contributed by atoms with van der Waals surface area (Å²) in [4.78, 5) is 30.8. The van der Waals surface area contributed by atoms with E-state index >= 15 is 0 Å². The Balaban J connectivity index is 1.84. The Bertz CT molecular complexity index is 1890. The van der Waals surface area contributed by atoms with Crippen molar-refractivity contribution in [3.05, 3.63) is 103 Å². The number of nitrogens with zero attached hydrogens (tertiary/aromatic N) is 1. The van der Waals surface area contributed by atoms with Gasteiger partial charge in [-0.15, -0.1) is 0 Å². The van der Waals surface area contributed by atoms with Gasteiger partial charge in [-0.3, -0.25) is 9.59 Å². The highest BCUT2D eigenvalue weighted by molar-refractivity contribution is 6.99. The molecule has 13 heteroatoms. The molecule has 0 amide bonds. The van der Waals surface area contributed by atoms with E-state index in [9.17, 15) is 19.8 Å². The molecule has 0 saturated heterocycles. The van der Waals surface area contributed by atoms with Crippen molar-refractivity contribution >= 4 is 38.8 Å². The lowest BCUT2D eigenvalue weighted by Gasteiger charge is -2.49. The lowest BCUT2D eigenvalue weighted by Crippen LogP contribution is -2.70. The zero-order chi connectivity index (χ0) is 48.1. The van der Waals surface area contributed by atoms with Gasteiger partial charge in [0.1, 0.15) is 23.8 Å². The van der Waals surface area contributed by atoms with Crippen LogP contribution in [0.15, 0.2) is 95.6 Å². The van der Waals surface area contributed by atoms with Crippen molar-refractivity contribution < 1.29 is 47.3 Å². The number of hydrogen-bond donors (Lipinski definition) is 2. The minimum atomic E-state index is -3.20. The highest BCUT2D eigenvalue weighted by Gasteiger charge is 2.55. The van der Waals surface area contributed by atoms with Crippen LogP contribution in [-0.2, 0) is 39.1 Å². The van der Waals surface area contributed by atoms with Gasteiger partial charge in [-0.1, -0.05) is 161 Å². The molecule has 0 radical (unpaired) electrons. The molecule has 3 aromatic rings. The van der Waals surface area contributed by atoms with Gasteiger partial charge in [-0.05, 0) is 45.9 Å². The Kier molecular flexibility index (Phi) is 20.4. The van der Waals surface area contributed by atoms with Crippen molar-refractivity contribution in [2.24, 2.45) is 11.3 Å². The number of aromatic nitrogens is 1. The maximum atomic E-state index is 14.4. The van der Waals surface area contributed by atoms with E-state index in [4.69, 9.17) is 27.5 Å². The van der Waals surface area contributed by atoms with Gasteiger partial charge in [0.15, 0.2) is 8.32 Å². The summed E-state index contributed by atoms with van der Waals surface area (Å²) < 4.78 is 37.6. The summed E-state index contributed by atoms with van der Waals surface area (Å²) >= 11 is 0. The average Bonchev–Trinajstić information content (AvgIpc) is 3.70. The van der Waals surface area contributed by atoms with E-state index in [0.717, 1.165) is 16.8 Å². The van der Waals surface area contributed by atoms with Crippen molar-refractivity contribution in [3.63, 3.8) is 0 Å². The molecule has 356 valence electrons. The number of aliphatic hydroxyl groups is 1. The first-order chi connectivity index (χ1) is 29.9. The molecular formula is C51H79NO10Si2. The van der Waals surface area contributed by atoms with Crippen LogP contribution in [0.4, 0.5) is 0 Å². The van der Waals surface area contributed by atoms with E-state index < -0.39 is 58.5 Å². The minimum Gasteiger partial charge on any atom is -0.481 e. The van der Waals surface area contributed by atoms with E-state index in [0.29, 0.717) is 18.5 Å². The van der Waals surface area contributed by atoms with Crippen molar-refractivity contribution in [1.82, 2.24) is 4.98 Å². The smallest absolute Gasteiger partial charge is 0.305 e. The van der Waals surface area contributed by atoms with Crippen molar-refractivity contribution in [3.8, 4) is 0 Å². The van der Waals surface area contributed by atoms with E-state index in [2.05, 4.69) is 97.7 Å². The molecule has 0 fully saturated rings. The molecule has 2 aromatic carbocycles. The number of methoxy groups -OCH3 is 3. The summed E-state index contributed by atoms with van der Waals surface area (Å²) in [5.41, 5.74) is -0.759. The molecule has 0 bridgehead atoms. The SMILES string of the molecule is CC[C@H](C)C(OC)[C@@H](O[Si](c1ccccc1)(c1ccccc1)C(C)(C)C)[C@@H](O)C(C)(C)C(=O)Cc1nc([C@H](C/C=C/C=C/[C@@H](C[C@@H](CC(=O)O)O[Si](C)(C)C(C)(C)C)OC)OC)co1. The summed E-state index contributed by atoms with van der Waals surface area (Å²) in [7, 11) is -0.562. The van der Waals surface area contributed by atoms with Gasteiger partial charge in [0, 0.05) is 27.8 Å². The number of carbonyl (C=O) groups excluding carboxylic acids is 1. The summed E-state index contributed by atoms with van der Waals surface area (Å²) in [6.45, 7) is 24.9. The second-order valence-electron chi connectivity index (χ2n) is 20.1. The van der Waals surface area contributed by atoms with Crippen LogP contribution in [0.1, 0.15) is 113 Å². The van der Waals surface area contributed by atoms with Gasteiger partial charge < -0.3 is 37.7 Å². The molecule has 0 aliphatic rings. The molecule has 0 aliphatic heterocycles. The molecule has 11 nitrogen and oxygen atoms in total. The van der Waals surface area contributed by atoms with Crippen LogP contribution >= 0.6 is 0 Å². The third-order valence-electron chi connectivity index (χ3n) is 13.2. The lowest BCUT2D eigenvalue weighted by atomic mass is 9.76. The maximum Gasteiger partial charge on any atom is 0.305 e. The van der Waals surface area contributed by atoms with Crippen LogP contribution in [-0.4, -0.2) is 95.4 Å². The fourth-order valence-electron chi connectivity index (χ4n) is 7.90. The first-order valence-corrected chi connectivity index (χ1v) is 27.5. The van der Waals surface area contributed by atoms with E-state index in [1.54, 1.807) is 35.2 Å². The third-order valence-corrected chi connectivity index (χ3v) is 22.8. The van der Waals surface area contributed by atoms with Gasteiger partial charge in [-0.25, -0.2) is 4.98 Å². The van der Waals surface area contributed by atoms with E-state index in [1.165, 1.54) is 6.26 Å². The minimum absolute atomic E-state index is 0.00291. The molecule has 0 saturated carbocycles. The van der Waals surface area contributed by atoms with E-state index in [-0.39, 0.29) is 46.6 Å². The van der Waals surface area contributed by atoms with Crippen molar-refractivity contribution in [2.75, 3.05) is 21.3 Å². The predicted molar refractivity (Wildman–Crippen MR) is 260 cm³/mol. The molecule has 1 heterocycles. The van der Waals surface area contributed by atoms with Crippen molar-refractivity contribution in [2.45, 2.75) is 161 Å². The number of carbonyl (C=O) groups is 2. The van der Waals surface area contributed by atoms with Gasteiger partial charge in [0.2, 0.25) is 5.89 Å². The van der Waals surface area contributed by atoms with E-state index in [1.807, 2.05) is 60.7 Å². The molecule has 64 heavy (non-hydrogen) atoms. The zero-order valence-corrected chi connectivity index (χ0v) is 43.3. The Morgan fingerprint density at radius 3 is 1.86 bits per heavy atom. The molecule has 0 aliphatic carbocycles. The van der Waals surface area contributed by atoms with Crippen LogP contribution in [0.25, 0.3) is 0 Å².